The average molecular weight is 428 g/mol. The number of nitrogens with one attached hydrogen (secondary N) is 2. The van der Waals surface area contributed by atoms with E-state index in [9.17, 15) is 14.0 Å². The number of hydrogen-bond acceptors (Lipinski definition) is 7. The Labute approximate surface area is 178 Å². The van der Waals surface area contributed by atoms with Gasteiger partial charge in [-0.15, -0.1) is 0 Å². The first-order valence-electron chi connectivity index (χ1n) is 9.61. The third-order valence-electron chi connectivity index (χ3n) is 4.56. The summed E-state index contributed by atoms with van der Waals surface area (Å²) in [4.78, 5) is 24.5. The van der Waals surface area contributed by atoms with Gasteiger partial charge < -0.3 is 22.1 Å². The van der Waals surface area contributed by atoms with Crippen LogP contribution in [-0.4, -0.2) is 45.5 Å². The Hall–Kier alpha value is -3.57. The van der Waals surface area contributed by atoms with Gasteiger partial charge in [-0.2, -0.15) is 10.2 Å². The number of aromatic nitrogens is 2. The molecule has 31 heavy (non-hydrogen) atoms. The number of carbonyl (C=O) groups excluding carboxylic acids is 2. The molecule has 1 aromatic carbocycles. The molecule has 2 heterocycles. The molecule has 164 valence electrons. The lowest BCUT2D eigenvalue weighted by Crippen LogP contribution is -2.46. The van der Waals surface area contributed by atoms with Crippen LogP contribution in [0.4, 0.5) is 4.39 Å². The van der Waals surface area contributed by atoms with Gasteiger partial charge in [0.05, 0.1) is 11.4 Å². The van der Waals surface area contributed by atoms with E-state index >= 15 is 0 Å². The highest BCUT2D eigenvalue weighted by Gasteiger charge is 2.20. The molecule has 2 aromatic rings. The van der Waals surface area contributed by atoms with Crippen LogP contribution >= 0.6 is 0 Å². The number of nitrogens with zero attached hydrogens (tertiary/aromatic N) is 4. The van der Waals surface area contributed by atoms with Gasteiger partial charge in [0, 0.05) is 25.7 Å². The van der Waals surface area contributed by atoms with Gasteiger partial charge in [0.1, 0.15) is 24.4 Å². The molecule has 3 rings (SSSR count). The lowest BCUT2D eigenvalue weighted by molar-refractivity contribution is -0.122. The number of rotatable bonds is 7. The highest BCUT2D eigenvalue weighted by molar-refractivity contribution is 5.94. The minimum absolute atomic E-state index is 0.123. The number of benzene rings is 1. The van der Waals surface area contributed by atoms with Crippen LogP contribution in [0.5, 0.6) is 0 Å². The van der Waals surface area contributed by atoms with E-state index in [-0.39, 0.29) is 17.9 Å². The van der Waals surface area contributed by atoms with Crippen molar-refractivity contribution in [2.75, 3.05) is 7.05 Å². The number of alkyl halides is 1. The Morgan fingerprint density at radius 2 is 2.06 bits per heavy atom. The summed E-state index contributed by atoms with van der Waals surface area (Å²) < 4.78 is 14.7. The van der Waals surface area contributed by atoms with Crippen LogP contribution in [0.15, 0.2) is 47.3 Å². The maximum atomic E-state index is 13.3. The van der Waals surface area contributed by atoms with Gasteiger partial charge in [0.15, 0.2) is 0 Å². The molecular weight excluding hydrogens is 403 g/mol. The molecule has 2 amide bonds. The Morgan fingerprint density at radius 3 is 2.74 bits per heavy atom. The summed E-state index contributed by atoms with van der Waals surface area (Å²) in [6.07, 6.45) is 1.36. The molecule has 10 nitrogen and oxygen atoms in total. The number of amides is 2. The molecule has 0 saturated heterocycles. The summed E-state index contributed by atoms with van der Waals surface area (Å²) in [7, 11) is 1.73. The third kappa shape index (κ3) is 5.32. The molecule has 0 unspecified atom stereocenters. The van der Waals surface area contributed by atoms with Crippen molar-refractivity contribution in [1.82, 2.24) is 25.4 Å². The molecule has 11 heteroatoms. The van der Waals surface area contributed by atoms with E-state index in [1.165, 1.54) is 10.7 Å². The molecule has 0 bridgehead atoms. The third-order valence-corrected chi connectivity index (χ3v) is 4.56. The Balaban J connectivity index is 1.84. The van der Waals surface area contributed by atoms with E-state index in [0.29, 0.717) is 17.9 Å². The van der Waals surface area contributed by atoms with Crippen molar-refractivity contribution < 1.29 is 14.0 Å². The lowest BCUT2D eigenvalue weighted by Gasteiger charge is -2.22. The molecule has 0 radical (unpaired) electrons. The summed E-state index contributed by atoms with van der Waals surface area (Å²) in [6, 6.07) is 8.38. The Morgan fingerprint density at radius 1 is 1.29 bits per heavy atom. The first-order chi connectivity index (χ1) is 14.8. The first-order valence-corrected chi connectivity index (χ1v) is 9.61. The second kappa shape index (κ2) is 9.49. The lowest BCUT2D eigenvalue weighted by atomic mass is 10.2. The molecule has 0 atom stereocenters. The number of hydrogen-bond donors (Lipinski definition) is 4. The fraction of sp³-hybridized carbons (Fsp3) is 0.300. The number of nitrogens with two attached hydrogens (primary N) is 2. The van der Waals surface area contributed by atoms with Crippen molar-refractivity contribution >= 4 is 17.5 Å². The molecule has 1 aliphatic heterocycles. The van der Waals surface area contributed by atoms with E-state index in [0.717, 1.165) is 11.3 Å². The first kappa shape index (κ1) is 22.1. The van der Waals surface area contributed by atoms with Crippen molar-refractivity contribution in [3.05, 3.63) is 59.2 Å². The Kier molecular flexibility index (Phi) is 6.78. The van der Waals surface area contributed by atoms with Gasteiger partial charge in [0.2, 0.25) is 0 Å². The van der Waals surface area contributed by atoms with E-state index in [2.05, 4.69) is 20.8 Å². The predicted molar refractivity (Wildman–Crippen MR) is 113 cm³/mol. The maximum Gasteiger partial charge on any atom is 0.275 e. The summed E-state index contributed by atoms with van der Waals surface area (Å²) in [5.74, 6) is -0.417. The SMILES string of the molecule is CC1=NN(C)C(NC(=O)c2cc(CF)nn2-c2cccc(CNC(=O)C(N)N)c2)=CC1. The van der Waals surface area contributed by atoms with Crippen LogP contribution in [0.2, 0.25) is 0 Å². The summed E-state index contributed by atoms with van der Waals surface area (Å²) >= 11 is 0. The summed E-state index contributed by atoms with van der Waals surface area (Å²) in [5.41, 5.74) is 13.2. The van der Waals surface area contributed by atoms with Crippen LogP contribution in [0, 0.1) is 0 Å². The molecule has 0 saturated carbocycles. The van der Waals surface area contributed by atoms with Crippen LogP contribution in [0.1, 0.15) is 35.1 Å². The van der Waals surface area contributed by atoms with Crippen LogP contribution in [0.3, 0.4) is 0 Å². The molecule has 0 fully saturated rings. The van der Waals surface area contributed by atoms with Crippen molar-refractivity contribution in [3.8, 4) is 5.69 Å². The van der Waals surface area contributed by atoms with Gasteiger partial charge in [-0.05, 0) is 36.8 Å². The largest absolute Gasteiger partial charge is 0.350 e. The second-order valence-corrected chi connectivity index (χ2v) is 7.09. The molecular formula is C20H25FN8O2. The van der Waals surface area contributed by atoms with Crippen molar-refractivity contribution in [1.29, 1.82) is 0 Å². The number of carbonyl (C=O) groups is 2. The van der Waals surface area contributed by atoms with E-state index in [1.54, 1.807) is 36.3 Å². The minimum Gasteiger partial charge on any atom is -0.350 e. The van der Waals surface area contributed by atoms with Crippen molar-refractivity contribution in [3.63, 3.8) is 0 Å². The zero-order valence-corrected chi connectivity index (χ0v) is 17.3. The molecule has 1 aromatic heterocycles. The number of allylic oxidation sites excluding steroid dienone is 1. The van der Waals surface area contributed by atoms with Crippen molar-refractivity contribution in [2.24, 2.45) is 16.6 Å². The van der Waals surface area contributed by atoms with Gasteiger partial charge in [-0.1, -0.05) is 12.1 Å². The number of hydrazone groups is 1. The van der Waals surface area contributed by atoms with Crippen LogP contribution < -0.4 is 22.1 Å². The fourth-order valence-electron chi connectivity index (χ4n) is 3.00. The second-order valence-electron chi connectivity index (χ2n) is 7.09. The predicted octanol–water partition coefficient (Wildman–Crippen LogP) is 0.484. The van der Waals surface area contributed by atoms with E-state index < -0.39 is 24.7 Å². The molecule has 0 spiro atoms. The van der Waals surface area contributed by atoms with Gasteiger partial charge in [-0.25, -0.2) is 9.07 Å². The average Bonchev–Trinajstić information content (AvgIpc) is 3.19. The van der Waals surface area contributed by atoms with Gasteiger partial charge >= 0.3 is 0 Å². The highest BCUT2D eigenvalue weighted by atomic mass is 19.1. The Bertz CT molecular complexity index is 1040. The monoisotopic (exact) mass is 428 g/mol. The maximum absolute atomic E-state index is 13.3. The zero-order chi connectivity index (χ0) is 22.5. The normalized spacial score (nSPS) is 13.7. The molecule has 0 aliphatic carbocycles. The van der Waals surface area contributed by atoms with Crippen LogP contribution in [0.25, 0.3) is 5.69 Å². The molecule has 1 aliphatic rings. The summed E-state index contributed by atoms with van der Waals surface area (Å²) in [6.45, 7) is 1.26. The quantitative estimate of drug-likeness (QED) is 0.473. The standard InChI is InChI=1S/C20H25FN8O2/c1-12-6-7-17(28(2)26-12)25-19(30)16-9-14(10-21)27-29(16)15-5-3-4-13(8-15)11-24-20(31)18(22)23/h3-5,7-9,18H,6,10-11,22-23H2,1-2H3,(H,24,31)(H,25,30). The molecule has 6 N–H and O–H groups in total. The smallest absolute Gasteiger partial charge is 0.275 e. The minimum atomic E-state index is -1.11. The van der Waals surface area contributed by atoms with Crippen LogP contribution in [-0.2, 0) is 18.0 Å². The fourth-order valence-corrected chi connectivity index (χ4v) is 3.00. The highest BCUT2D eigenvalue weighted by Crippen LogP contribution is 2.17. The topological polar surface area (TPSA) is 144 Å². The van der Waals surface area contributed by atoms with E-state index in [4.69, 9.17) is 11.5 Å². The zero-order valence-electron chi connectivity index (χ0n) is 17.3. The van der Waals surface area contributed by atoms with Gasteiger partial charge in [0.25, 0.3) is 11.8 Å². The van der Waals surface area contributed by atoms with Gasteiger partial charge in [-0.3, -0.25) is 14.6 Å². The van der Waals surface area contributed by atoms with Crippen molar-refractivity contribution in [2.45, 2.75) is 32.7 Å². The number of halogens is 1. The summed E-state index contributed by atoms with van der Waals surface area (Å²) in [5, 5.41) is 15.5. The van der Waals surface area contributed by atoms with E-state index in [1.807, 2.05) is 13.0 Å².